The van der Waals surface area contributed by atoms with Crippen molar-refractivity contribution in [2.24, 2.45) is 0 Å². The Labute approximate surface area is 281 Å². The molecule has 10 nitrogen and oxygen atoms in total. The van der Waals surface area contributed by atoms with Gasteiger partial charge in [-0.3, -0.25) is 9.69 Å². The van der Waals surface area contributed by atoms with E-state index in [9.17, 15) is 4.79 Å². The maximum absolute atomic E-state index is 13.3. The molecule has 3 aliphatic rings. The first-order chi connectivity index (χ1) is 23.6. The van der Waals surface area contributed by atoms with E-state index in [-0.39, 0.29) is 5.91 Å². The average Bonchev–Trinajstić information content (AvgIpc) is 3.27. The molecule has 0 unspecified atom stereocenters. The van der Waals surface area contributed by atoms with Crippen molar-refractivity contribution in [3.63, 3.8) is 0 Å². The molecule has 0 aromatic heterocycles. The number of hydrogen-bond acceptors (Lipinski definition) is 9. The Kier molecular flexibility index (Phi) is 9.93. The molecule has 0 spiro atoms. The molecule has 250 valence electrons. The number of benzene rings is 4. The molecule has 3 aliphatic heterocycles. The maximum Gasteiger partial charge on any atom is 0.257 e. The third-order valence-electron chi connectivity index (χ3n) is 9.00. The van der Waals surface area contributed by atoms with Crippen LogP contribution in [-0.2, 0) is 15.9 Å². The number of nitrogens with one attached hydrogen (secondary N) is 2. The number of carbonyl (C=O) groups excluding carboxylic acids is 1. The predicted molar refractivity (Wildman–Crippen MR) is 188 cm³/mol. The molecule has 2 N–H and O–H groups in total. The summed E-state index contributed by atoms with van der Waals surface area (Å²) >= 11 is 0. The molecule has 2 fully saturated rings. The second kappa shape index (κ2) is 15.0. The number of hydrogen-bond donors (Lipinski definition) is 2. The van der Waals surface area contributed by atoms with Crippen LogP contribution < -0.4 is 29.7 Å². The topological polar surface area (TPSA) is 93.8 Å². The first-order valence-electron chi connectivity index (χ1n) is 16.7. The van der Waals surface area contributed by atoms with Gasteiger partial charge in [0.05, 0.1) is 62.8 Å². The summed E-state index contributed by atoms with van der Waals surface area (Å²) in [6.07, 6.45) is 0.709. The van der Waals surface area contributed by atoms with Crippen LogP contribution in [0.15, 0.2) is 78.9 Å². The van der Waals surface area contributed by atoms with Crippen molar-refractivity contribution in [1.82, 2.24) is 4.90 Å². The van der Waals surface area contributed by atoms with Crippen LogP contribution in [0.4, 0.5) is 22.7 Å². The van der Waals surface area contributed by atoms with Crippen molar-refractivity contribution >= 4 is 28.7 Å². The minimum Gasteiger partial charge on any atom is -0.493 e. The summed E-state index contributed by atoms with van der Waals surface area (Å²) in [5.74, 6) is 2.06. The third-order valence-corrected chi connectivity index (χ3v) is 9.00. The highest BCUT2D eigenvalue weighted by molar-refractivity contribution is 6.12. The van der Waals surface area contributed by atoms with Crippen molar-refractivity contribution < 1.29 is 28.5 Å². The van der Waals surface area contributed by atoms with E-state index in [0.717, 1.165) is 98.7 Å². The first-order valence-corrected chi connectivity index (χ1v) is 16.7. The third kappa shape index (κ3) is 7.52. The van der Waals surface area contributed by atoms with Gasteiger partial charge >= 0.3 is 0 Å². The SMILES string of the molecule is COc1cc(-c2ccc3c(c2)Nc2ccc(CCOc4ccc(N5CCOCC5)cc4)cc2NC3=O)ccc1OCCN1CCOCC1. The molecular formula is C38H42N4O6. The molecule has 48 heavy (non-hydrogen) atoms. The van der Waals surface area contributed by atoms with Crippen LogP contribution in [-0.4, -0.2) is 90.3 Å². The van der Waals surface area contributed by atoms with Crippen LogP contribution >= 0.6 is 0 Å². The lowest BCUT2D eigenvalue weighted by atomic mass is 10.0. The fourth-order valence-corrected chi connectivity index (χ4v) is 6.26. The minimum absolute atomic E-state index is 0.154. The molecule has 0 aliphatic carbocycles. The first kappa shape index (κ1) is 31.8. The van der Waals surface area contributed by atoms with E-state index >= 15 is 0 Å². The Hall–Kier alpha value is -4.77. The number of rotatable bonds is 11. The Morgan fingerprint density at radius 3 is 2.23 bits per heavy atom. The van der Waals surface area contributed by atoms with Gasteiger partial charge in [-0.2, -0.15) is 0 Å². The largest absolute Gasteiger partial charge is 0.493 e. The normalized spacial score (nSPS) is 16.2. The molecule has 4 aromatic rings. The smallest absolute Gasteiger partial charge is 0.257 e. The quantitative estimate of drug-likeness (QED) is 0.208. The zero-order valence-corrected chi connectivity index (χ0v) is 27.3. The highest BCUT2D eigenvalue weighted by atomic mass is 16.5. The number of amides is 1. The van der Waals surface area contributed by atoms with E-state index < -0.39 is 0 Å². The zero-order valence-electron chi connectivity index (χ0n) is 27.3. The lowest BCUT2D eigenvalue weighted by molar-refractivity contribution is 0.0321. The van der Waals surface area contributed by atoms with Crippen molar-refractivity contribution in [2.45, 2.75) is 6.42 Å². The zero-order chi connectivity index (χ0) is 32.7. The van der Waals surface area contributed by atoms with Gasteiger partial charge in [-0.25, -0.2) is 0 Å². The van der Waals surface area contributed by atoms with Crippen molar-refractivity contribution in [2.75, 3.05) is 95.0 Å². The van der Waals surface area contributed by atoms with Gasteiger partial charge in [-0.1, -0.05) is 18.2 Å². The molecule has 0 atom stereocenters. The molecule has 1 amide bonds. The van der Waals surface area contributed by atoms with Gasteiger partial charge in [-0.05, 0) is 77.4 Å². The lowest BCUT2D eigenvalue weighted by Gasteiger charge is -2.28. The Balaban J connectivity index is 0.982. The summed E-state index contributed by atoms with van der Waals surface area (Å²) in [6.45, 7) is 8.68. The van der Waals surface area contributed by atoms with Gasteiger partial charge in [0.15, 0.2) is 11.5 Å². The van der Waals surface area contributed by atoms with Gasteiger partial charge in [0, 0.05) is 44.8 Å². The molecule has 7 rings (SSSR count). The average molecular weight is 651 g/mol. The second-order valence-corrected chi connectivity index (χ2v) is 12.1. The van der Waals surface area contributed by atoms with Gasteiger partial charge in [0.2, 0.25) is 0 Å². The van der Waals surface area contributed by atoms with Crippen molar-refractivity contribution in [3.05, 3.63) is 90.0 Å². The fraction of sp³-hybridized carbons (Fsp3) is 0.342. The Bertz CT molecular complexity index is 1720. The van der Waals surface area contributed by atoms with E-state index in [1.807, 2.05) is 60.7 Å². The molecule has 0 radical (unpaired) electrons. The van der Waals surface area contributed by atoms with E-state index in [4.69, 9.17) is 23.7 Å². The number of ether oxygens (including phenoxy) is 5. The number of morpholine rings is 2. The molecule has 2 saturated heterocycles. The van der Waals surface area contributed by atoms with Crippen LogP contribution in [0.1, 0.15) is 15.9 Å². The van der Waals surface area contributed by atoms with E-state index in [1.54, 1.807) is 7.11 Å². The summed E-state index contributed by atoms with van der Waals surface area (Å²) in [4.78, 5) is 18.0. The number of nitrogens with zero attached hydrogens (tertiary/aromatic N) is 2. The van der Waals surface area contributed by atoms with Crippen LogP contribution in [0.5, 0.6) is 17.2 Å². The standard InChI is InChI=1S/C38H42N4O6/c1-44-37-26-29(4-11-36(37)48-23-15-41-13-19-45-20-14-41)28-3-9-32-34(25-28)39-33-10-2-27(24-35(33)40-38(32)43)12-18-47-31-7-5-30(6-8-31)42-16-21-46-22-17-42/h2-11,24-26,39H,12-23H2,1H3,(H,40,43). The fourth-order valence-electron chi connectivity index (χ4n) is 6.26. The highest BCUT2D eigenvalue weighted by Gasteiger charge is 2.21. The minimum atomic E-state index is -0.154. The molecule has 3 heterocycles. The Morgan fingerprint density at radius 2 is 1.44 bits per heavy atom. The van der Waals surface area contributed by atoms with Gasteiger partial charge in [0.25, 0.3) is 5.91 Å². The summed E-state index contributed by atoms with van der Waals surface area (Å²) in [6, 6.07) is 26.1. The van der Waals surface area contributed by atoms with E-state index in [1.165, 1.54) is 5.69 Å². The highest BCUT2D eigenvalue weighted by Crippen LogP contribution is 2.37. The second-order valence-electron chi connectivity index (χ2n) is 12.1. The Morgan fingerprint density at radius 1 is 0.688 bits per heavy atom. The van der Waals surface area contributed by atoms with E-state index in [2.05, 4.69) is 38.6 Å². The van der Waals surface area contributed by atoms with Gasteiger partial charge in [-0.15, -0.1) is 0 Å². The lowest BCUT2D eigenvalue weighted by Crippen LogP contribution is -2.38. The summed E-state index contributed by atoms with van der Waals surface area (Å²) < 4.78 is 28.7. The van der Waals surface area contributed by atoms with Gasteiger partial charge in [0.1, 0.15) is 12.4 Å². The van der Waals surface area contributed by atoms with Crippen LogP contribution in [0, 0.1) is 0 Å². The van der Waals surface area contributed by atoms with Crippen molar-refractivity contribution in [1.29, 1.82) is 0 Å². The van der Waals surface area contributed by atoms with Gasteiger partial charge < -0.3 is 39.2 Å². The summed E-state index contributed by atoms with van der Waals surface area (Å²) in [5.41, 5.74) is 7.09. The number of fused-ring (bicyclic) bond motifs is 2. The molecule has 0 saturated carbocycles. The summed E-state index contributed by atoms with van der Waals surface area (Å²) in [5, 5.41) is 6.58. The monoisotopic (exact) mass is 650 g/mol. The van der Waals surface area contributed by atoms with Crippen LogP contribution in [0.2, 0.25) is 0 Å². The molecule has 10 heteroatoms. The van der Waals surface area contributed by atoms with Crippen molar-refractivity contribution in [3.8, 4) is 28.4 Å². The van der Waals surface area contributed by atoms with Crippen LogP contribution in [0.3, 0.4) is 0 Å². The number of anilines is 4. The number of carbonyl (C=O) groups is 1. The molecule has 4 aromatic carbocycles. The molecule has 0 bridgehead atoms. The number of methoxy groups -OCH3 is 1. The van der Waals surface area contributed by atoms with Crippen LogP contribution in [0.25, 0.3) is 11.1 Å². The summed E-state index contributed by atoms with van der Waals surface area (Å²) in [7, 11) is 1.65. The van der Waals surface area contributed by atoms with E-state index in [0.29, 0.717) is 36.7 Å². The maximum atomic E-state index is 13.3. The molecular weight excluding hydrogens is 608 g/mol. The predicted octanol–water partition coefficient (Wildman–Crippen LogP) is 5.84.